The summed E-state index contributed by atoms with van der Waals surface area (Å²) < 4.78 is 1.96. The number of carbonyl (C=O) groups excluding carboxylic acids is 1. The molecule has 1 saturated heterocycles. The first kappa shape index (κ1) is 16.6. The maximum absolute atomic E-state index is 12.9. The van der Waals surface area contributed by atoms with Gasteiger partial charge in [0, 0.05) is 19.8 Å². The molecule has 1 amide bonds. The summed E-state index contributed by atoms with van der Waals surface area (Å²) in [5.74, 6) is -0.137. The van der Waals surface area contributed by atoms with E-state index in [0.29, 0.717) is 18.7 Å². The van der Waals surface area contributed by atoms with Crippen LogP contribution in [0.2, 0.25) is 0 Å². The number of nitrogens with zero attached hydrogens (tertiary/aromatic N) is 3. The van der Waals surface area contributed by atoms with E-state index in [-0.39, 0.29) is 12.5 Å². The van der Waals surface area contributed by atoms with Gasteiger partial charge in [-0.25, -0.2) is 0 Å². The lowest BCUT2D eigenvalue weighted by atomic mass is 9.89. The molecule has 2 aromatic heterocycles. The zero-order valence-electron chi connectivity index (χ0n) is 14.9. The second-order valence-corrected chi connectivity index (χ2v) is 6.99. The van der Waals surface area contributed by atoms with Crippen molar-refractivity contribution in [2.75, 3.05) is 13.1 Å². The number of amides is 1. The number of aromatic amines is 1. The molecule has 4 rings (SSSR count). The van der Waals surface area contributed by atoms with Gasteiger partial charge in [-0.15, -0.1) is 0 Å². The van der Waals surface area contributed by atoms with Crippen LogP contribution in [0.1, 0.15) is 28.0 Å². The Morgan fingerprint density at radius 2 is 2.08 bits per heavy atom. The summed E-state index contributed by atoms with van der Waals surface area (Å²) in [6, 6.07) is 13.5. The minimum atomic E-state index is -0.998. The van der Waals surface area contributed by atoms with Crippen LogP contribution >= 0.6 is 0 Å². The average Bonchev–Trinajstić information content (AvgIpc) is 3.34. The number of aliphatic hydroxyl groups is 1. The first-order valence-corrected chi connectivity index (χ1v) is 8.73. The zero-order chi connectivity index (χ0) is 18.3. The summed E-state index contributed by atoms with van der Waals surface area (Å²) >= 11 is 0. The molecule has 26 heavy (non-hydrogen) atoms. The van der Waals surface area contributed by atoms with Crippen molar-refractivity contribution in [2.45, 2.75) is 18.9 Å². The van der Waals surface area contributed by atoms with Gasteiger partial charge in [0.1, 0.15) is 17.0 Å². The number of benzene rings is 1. The molecule has 0 saturated carbocycles. The standard InChI is InChI=1S/C20H22N4O2/c1-14-6-3-4-7-15(14)20(26)9-11-24(13-20)19(25)17-12-16(21-22-17)18-8-5-10-23(18)2/h3-8,10,12,26H,9,11,13H2,1-2H3,(H,21,22)/t20-/m0/s1. The van der Waals surface area contributed by atoms with Crippen molar-refractivity contribution in [1.29, 1.82) is 0 Å². The smallest absolute Gasteiger partial charge is 0.271 e. The third-order valence-electron chi connectivity index (χ3n) is 5.20. The normalized spacial score (nSPS) is 19.9. The summed E-state index contributed by atoms with van der Waals surface area (Å²) in [7, 11) is 1.94. The van der Waals surface area contributed by atoms with Crippen LogP contribution in [0.15, 0.2) is 48.7 Å². The Bertz CT molecular complexity index is 958. The number of aromatic nitrogens is 3. The van der Waals surface area contributed by atoms with Crippen LogP contribution in [0.4, 0.5) is 0 Å². The predicted octanol–water partition coefficient (Wildman–Crippen LogP) is 2.46. The lowest BCUT2D eigenvalue weighted by molar-refractivity contribution is 0.0410. The molecule has 134 valence electrons. The first-order chi connectivity index (χ1) is 12.5. The van der Waals surface area contributed by atoms with Crippen LogP contribution in [-0.2, 0) is 12.6 Å². The van der Waals surface area contributed by atoms with Gasteiger partial charge in [-0.2, -0.15) is 5.10 Å². The highest BCUT2D eigenvalue weighted by molar-refractivity contribution is 5.93. The van der Waals surface area contributed by atoms with Gasteiger partial charge in [0.15, 0.2) is 0 Å². The quantitative estimate of drug-likeness (QED) is 0.762. The van der Waals surface area contributed by atoms with Crippen molar-refractivity contribution >= 4 is 5.91 Å². The molecule has 2 N–H and O–H groups in total. The van der Waals surface area contributed by atoms with Gasteiger partial charge in [0.05, 0.1) is 12.2 Å². The van der Waals surface area contributed by atoms with Gasteiger partial charge < -0.3 is 14.6 Å². The number of aryl methyl sites for hydroxylation is 2. The van der Waals surface area contributed by atoms with E-state index in [1.54, 1.807) is 11.0 Å². The van der Waals surface area contributed by atoms with E-state index in [1.807, 2.05) is 61.1 Å². The number of nitrogens with one attached hydrogen (secondary N) is 1. The number of likely N-dealkylation sites (tertiary alicyclic amines) is 1. The Hall–Kier alpha value is -2.86. The van der Waals surface area contributed by atoms with Crippen molar-refractivity contribution in [1.82, 2.24) is 19.7 Å². The lowest BCUT2D eigenvalue weighted by Gasteiger charge is -2.25. The SMILES string of the molecule is Cc1ccccc1[C@]1(O)CCN(C(=O)c2cc(-c3cccn3C)n[nH]2)C1. The average molecular weight is 350 g/mol. The molecule has 1 aliphatic heterocycles. The highest BCUT2D eigenvalue weighted by atomic mass is 16.3. The number of carbonyl (C=O) groups is 1. The Labute approximate surface area is 152 Å². The number of hydrogen-bond acceptors (Lipinski definition) is 3. The zero-order valence-corrected chi connectivity index (χ0v) is 14.9. The van der Waals surface area contributed by atoms with Crippen LogP contribution < -0.4 is 0 Å². The highest BCUT2D eigenvalue weighted by Crippen LogP contribution is 2.34. The fourth-order valence-corrected chi connectivity index (χ4v) is 3.74. The third kappa shape index (κ3) is 2.72. The summed E-state index contributed by atoms with van der Waals surface area (Å²) in [6.07, 6.45) is 2.47. The fourth-order valence-electron chi connectivity index (χ4n) is 3.74. The lowest BCUT2D eigenvalue weighted by Crippen LogP contribution is -2.35. The number of hydrogen-bond donors (Lipinski definition) is 2. The van der Waals surface area contributed by atoms with Crippen molar-refractivity contribution in [3.05, 3.63) is 65.5 Å². The molecular formula is C20H22N4O2. The van der Waals surface area contributed by atoms with Gasteiger partial charge >= 0.3 is 0 Å². The molecule has 0 aliphatic carbocycles. The van der Waals surface area contributed by atoms with Crippen LogP contribution in [0.3, 0.4) is 0 Å². The minimum Gasteiger partial charge on any atom is -0.383 e. The molecular weight excluding hydrogens is 328 g/mol. The molecule has 1 aliphatic rings. The van der Waals surface area contributed by atoms with Crippen LogP contribution in [0.5, 0.6) is 0 Å². The van der Waals surface area contributed by atoms with Crippen LogP contribution in [-0.4, -0.2) is 43.8 Å². The van der Waals surface area contributed by atoms with Crippen LogP contribution in [0, 0.1) is 6.92 Å². The van der Waals surface area contributed by atoms with E-state index >= 15 is 0 Å². The van der Waals surface area contributed by atoms with E-state index in [2.05, 4.69) is 10.2 Å². The number of rotatable bonds is 3. The third-order valence-corrected chi connectivity index (χ3v) is 5.20. The van der Waals surface area contributed by atoms with Gasteiger partial charge in [-0.1, -0.05) is 24.3 Å². The van der Waals surface area contributed by atoms with Gasteiger partial charge in [-0.05, 0) is 42.7 Å². The Balaban J connectivity index is 1.54. The highest BCUT2D eigenvalue weighted by Gasteiger charge is 2.40. The van der Waals surface area contributed by atoms with Crippen molar-refractivity contribution in [3.63, 3.8) is 0 Å². The van der Waals surface area contributed by atoms with Gasteiger partial charge in [0.2, 0.25) is 0 Å². The maximum Gasteiger partial charge on any atom is 0.271 e. The summed E-state index contributed by atoms with van der Waals surface area (Å²) in [5, 5.41) is 18.2. The summed E-state index contributed by atoms with van der Waals surface area (Å²) in [6.45, 7) is 2.79. The molecule has 0 radical (unpaired) electrons. The predicted molar refractivity (Wildman–Crippen MR) is 98.6 cm³/mol. The number of H-pyrrole nitrogens is 1. The Morgan fingerprint density at radius 3 is 2.81 bits per heavy atom. The minimum absolute atomic E-state index is 0.137. The second-order valence-electron chi connectivity index (χ2n) is 6.99. The van der Waals surface area contributed by atoms with E-state index in [0.717, 1.165) is 22.5 Å². The topological polar surface area (TPSA) is 74.2 Å². The molecule has 6 nitrogen and oxygen atoms in total. The molecule has 1 aromatic carbocycles. The van der Waals surface area contributed by atoms with Crippen molar-refractivity contribution < 1.29 is 9.90 Å². The largest absolute Gasteiger partial charge is 0.383 e. The number of β-amino-alcohol motifs (C(OH)–C–C–N with tert-alkyl or cyclic N) is 1. The molecule has 3 heterocycles. The Morgan fingerprint density at radius 1 is 1.27 bits per heavy atom. The van der Waals surface area contributed by atoms with E-state index in [1.165, 1.54) is 0 Å². The van der Waals surface area contributed by atoms with Gasteiger partial charge in [-0.3, -0.25) is 9.89 Å². The molecule has 0 unspecified atom stereocenters. The molecule has 0 spiro atoms. The molecule has 1 atom stereocenters. The maximum atomic E-state index is 12.9. The molecule has 0 bridgehead atoms. The summed E-state index contributed by atoms with van der Waals surface area (Å²) in [5.41, 5.74) is 3.05. The second kappa shape index (κ2) is 6.14. The van der Waals surface area contributed by atoms with E-state index in [9.17, 15) is 9.90 Å². The van der Waals surface area contributed by atoms with Crippen LogP contribution in [0.25, 0.3) is 11.4 Å². The Kier molecular flexibility index (Phi) is 3.92. The molecule has 3 aromatic rings. The van der Waals surface area contributed by atoms with Crippen molar-refractivity contribution in [3.8, 4) is 11.4 Å². The van der Waals surface area contributed by atoms with E-state index in [4.69, 9.17) is 0 Å². The van der Waals surface area contributed by atoms with E-state index < -0.39 is 5.60 Å². The van der Waals surface area contributed by atoms with Crippen molar-refractivity contribution in [2.24, 2.45) is 7.05 Å². The fraction of sp³-hybridized carbons (Fsp3) is 0.300. The monoisotopic (exact) mass is 350 g/mol. The molecule has 1 fully saturated rings. The first-order valence-electron chi connectivity index (χ1n) is 8.73. The summed E-state index contributed by atoms with van der Waals surface area (Å²) in [4.78, 5) is 14.5. The molecule has 6 heteroatoms. The van der Waals surface area contributed by atoms with Gasteiger partial charge in [0.25, 0.3) is 5.91 Å².